The van der Waals surface area contributed by atoms with E-state index >= 15 is 0 Å². The average Bonchev–Trinajstić information content (AvgIpc) is 3.27. The second kappa shape index (κ2) is 10.7. The number of hydrogen-bond donors (Lipinski definition) is 2. The van der Waals surface area contributed by atoms with E-state index in [1.165, 1.54) is 32.7 Å². The molecule has 0 aliphatic heterocycles. The molecule has 0 spiro atoms. The maximum atomic E-state index is 12.6. The number of benzene rings is 2. The number of nitrogens with one attached hydrogen (secondary N) is 2. The van der Waals surface area contributed by atoms with Crippen LogP contribution >= 0.6 is 23.1 Å². The molecule has 0 unspecified atom stereocenters. The highest BCUT2D eigenvalue weighted by atomic mass is 32.2. The number of anilines is 1. The van der Waals surface area contributed by atoms with E-state index in [2.05, 4.69) is 20.3 Å². The van der Waals surface area contributed by atoms with E-state index < -0.39 is 5.56 Å². The summed E-state index contributed by atoms with van der Waals surface area (Å²) in [6.07, 6.45) is 0. The average molecular weight is 524 g/mol. The number of carbonyl (C=O) groups is 1. The summed E-state index contributed by atoms with van der Waals surface area (Å²) in [7, 11) is 4.40. The van der Waals surface area contributed by atoms with Crippen LogP contribution in [-0.4, -0.2) is 47.9 Å². The third kappa shape index (κ3) is 5.12. The number of amides is 1. The van der Waals surface area contributed by atoms with Gasteiger partial charge in [0.25, 0.3) is 5.56 Å². The zero-order valence-electron chi connectivity index (χ0n) is 19.8. The number of aromatic amines is 1. The van der Waals surface area contributed by atoms with Gasteiger partial charge < -0.3 is 24.5 Å². The zero-order chi connectivity index (χ0) is 25.8. The van der Waals surface area contributed by atoms with E-state index in [1.54, 1.807) is 12.1 Å². The molecule has 2 N–H and O–H groups in total. The summed E-state index contributed by atoms with van der Waals surface area (Å²) in [6.45, 7) is 1.99. The molecule has 4 aromatic rings. The second-order valence-corrected chi connectivity index (χ2v) is 9.44. The van der Waals surface area contributed by atoms with Crippen LogP contribution in [0.4, 0.5) is 5.13 Å². The number of carbonyl (C=O) groups excluding carboxylic acids is 1. The van der Waals surface area contributed by atoms with E-state index in [4.69, 9.17) is 14.2 Å². The summed E-state index contributed by atoms with van der Waals surface area (Å²) >= 11 is 2.41. The van der Waals surface area contributed by atoms with Crippen LogP contribution in [0, 0.1) is 18.3 Å². The molecule has 0 radical (unpaired) electrons. The van der Waals surface area contributed by atoms with Crippen LogP contribution < -0.4 is 25.1 Å². The van der Waals surface area contributed by atoms with Gasteiger partial charge in [-0.05, 0) is 36.8 Å². The Kier molecular flexibility index (Phi) is 7.42. The molecule has 0 fully saturated rings. The number of aryl methyl sites for hydroxylation is 1. The van der Waals surface area contributed by atoms with Crippen molar-refractivity contribution in [3.8, 4) is 34.6 Å². The quantitative estimate of drug-likeness (QED) is 0.259. The highest BCUT2D eigenvalue weighted by Gasteiger charge is 2.20. The lowest BCUT2D eigenvalue weighted by molar-refractivity contribution is -0.113. The van der Waals surface area contributed by atoms with Gasteiger partial charge in [-0.2, -0.15) is 5.26 Å². The Morgan fingerprint density at radius 2 is 1.86 bits per heavy atom. The van der Waals surface area contributed by atoms with Gasteiger partial charge in [-0.25, -0.2) is 9.97 Å². The van der Waals surface area contributed by atoms with Crippen molar-refractivity contribution in [2.75, 3.05) is 32.4 Å². The molecule has 184 valence electrons. The minimum Gasteiger partial charge on any atom is -0.493 e. The van der Waals surface area contributed by atoms with Crippen molar-refractivity contribution in [1.82, 2.24) is 15.0 Å². The SMILES string of the molecule is COc1cc(-c2nc(SCC(=O)Nc3nc4ccc(C)cc4s3)[nH]c(=O)c2C#N)cc(OC)c1OC. The molecule has 2 aromatic carbocycles. The molecule has 2 heterocycles. The summed E-state index contributed by atoms with van der Waals surface area (Å²) in [5.74, 6) is 0.716. The molecule has 0 saturated carbocycles. The minimum absolute atomic E-state index is 0.0293. The number of hydrogen-bond acceptors (Lipinski definition) is 10. The predicted molar refractivity (Wildman–Crippen MR) is 138 cm³/mol. The number of nitriles is 1. The van der Waals surface area contributed by atoms with E-state index in [0.717, 1.165) is 27.5 Å². The highest BCUT2D eigenvalue weighted by molar-refractivity contribution is 7.99. The zero-order valence-corrected chi connectivity index (χ0v) is 21.4. The van der Waals surface area contributed by atoms with Crippen molar-refractivity contribution >= 4 is 44.4 Å². The van der Waals surface area contributed by atoms with Crippen LogP contribution in [0.2, 0.25) is 0 Å². The molecule has 0 bridgehead atoms. The van der Waals surface area contributed by atoms with Gasteiger partial charge in [-0.1, -0.05) is 29.2 Å². The Hall–Kier alpha value is -4.08. The normalized spacial score (nSPS) is 10.6. The Morgan fingerprint density at radius 3 is 2.50 bits per heavy atom. The van der Waals surface area contributed by atoms with E-state index in [0.29, 0.717) is 27.9 Å². The predicted octanol–water partition coefficient (Wildman–Crippen LogP) is 3.98. The summed E-state index contributed by atoms with van der Waals surface area (Å²) < 4.78 is 17.1. The number of thiazole rings is 1. The van der Waals surface area contributed by atoms with Gasteiger partial charge in [0.15, 0.2) is 21.8 Å². The van der Waals surface area contributed by atoms with E-state index in [-0.39, 0.29) is 28.1 Å². The van der Waals surface area contributed by atoms with Gasteiger partial charge >= 0.3 is 0 Å². The van der Waals surface area contributed by atoms with Crippen LogP contribution in [0.25, 0.3) is 21.5 Å². The molecular weight excluding hydrogens is 502 g/mol. The molecule has 10 nitrogen and oxygen atoms in total. The number of fused-ring (bicyclic) bond motifs is 1. The summed E-state index contributed by atoms with van der Waals surface area (Å²) in [5, 5.41) is 13.0. The van der Waals surface area contributed by atoms with Crippen molar-refractivity contribution in [2.45, 2.75) is 12.1 Å². The molecule has 0 saturated heterocycles. The molecule has 1 amide bonds. The first kappa shape index (κ1) is 25.0. The Morgan fingerprint density at radius 1 is 1.14 bits per heavy atom. The Balaban J connectivity index is 1.59. The largest absolute Gasteiger partial charge is 0.493 e. The van der Waals surface area contributed by atoms with Crippen LogP contribution in [0.15, 0.2) is 40.3 Å². The maximum absolute atomic E-state index is 12.6. The fourth-order valence-electron chi connectivity index (χ4n) is 3.43. The van der Waals surface area contributed by atoms with Crippen molar-refractivity contribution < 1.29 is 19.0 Å². The van der Waals surface area contributed by atoms with Crippen LogP contribution in [0.3, 0.4) is 0 Å². The van der Waals surface area contributed by atoms with Crippen molar-refractivity contribution in [3.63, 3.8) is 0 Å². The lowest BCUT2D eigenvalue weighted by Crippen LogP contribution is -2.17. The summed E-state index contributed by atoms with van der Waals surface area (Å²) in [4.78, 5) is 36.6. The number of aromatic nitrogens is 3. The number of rotatable bonds is 8. The number of H-pyrrole nitrogens is 1. The fraction of sp³-hybridized carbons (Fsp3) is 0.208. The third-order valence-corrected chi connectivity index (χ3v) is 6.88. The smallest absolute Gasteiger partial charge is 0.270 e. The van der Waals surface area contributed by atoms with Gasteiger partial charge in [-0.3, -0.25) is 9.59 Å². The maximum Gasteiger partial charge on any atom is 0.270 e. The Labute approximate surface area is 214 Å². The molecule has 0 atom stereocenters. The van der Waals surface area contributed by atoms with E-state index in [1.807, 2.05) is 31.2 Å². The highest BCUT2D eigenvalue weighted by Crippen LogP contribution is 2.41. The van der Waals surface area contributed by atoms with Crippen LogP contribution in [-0.2, 0) is 4.79 Å². The van der Waals surface area contributed by atoms with Gasteiger partial charge in [0.05, 0.1) is 43.0 Å². The number of methoxy groups -OCH3 is 3. The first-order chi connectivity index (χ1) is 17.4. The molecule has 36 heavy (non-hydrogen) atoms. The lowest BCUT2D eigenvalue weighted by atomic mass is 10.1. The standard InChI is InChI=1S/C24H21N5O5S2/c1-12-5-6-15-18(7-12)36-24(26-15)27-19(30)11-35-23-28-20(14(10-25)22(31)29-23)13-8-16(32-2)21(34-4)17(9-13)33-3/h5-9H,11H2,1-4H3,(H,26,27,30)(H,28,29,31). The fourth-order valence-corrected chi connectivity index (χ4v) is 5.07. The van der Waals surface area contributed by atoms with Gasteiger partial charge in [0, 0.05) is 5.56 Å². The minimum atomic E-state index is -0.624. The van der Waals surface area contributed by atoms with E-state index in [9.17, 15) is 14.9 Å². The topological polar surface area (TPSA) is 139 Å². The molecular formula is C24H21N5O5S2. The van der Waals surface area contributed by atoms with Crippen LogP contribution in [0.5, 0.6) is 17.2 Å². The number of ether oxygens (including phenoxy) is 3. The number of nitrogens with zero attached hydrogens (tertiary/aromatic N) is 3. The third-order valence-electron chi connectivity index (χ3n) is 5.08. The second-order valence-electron chi connectivity index (χ2n) is 7.45. The first-order valence-corrected chi connectivity index (χ1v) is 12.3. The Bertz CT molecular complexity index is 1530. The van der Waals surface area contributed by atoms with Gasteiger partial charge in [-0.15, -0.1) is 0 Å². The molecule has 0 aliphatic carbocycles. The van der Waals surface area contributed by atoms with Gasteiger partial charge in [0.1, 0.15) is 11.6 Å². The molecule has 4 rings (SSSR count). The van der Waals surface area contributed by atoms with Crippen molar-refractivity contribution in [3.05, 3.63) is 51.8 Å². The number of thioether (sulfide) groups is 1. The van der Waals surface area contributed by atoms with Gasteiger partial charge in [0.2, 0.25) is 11.7 Å². The monoisotopic (exact) mass is 523 g/mol. The first-order valence-electron chi connectivity index (χ1n) is 10.5. The molecule has 0 aliphatic rings. The summed E-state index contributed by atoms with van der Waals surface area (Å²) in [5.41, 5.74) is 1.66. The summed E-state index contributed by atoms with van der Waals surface area (Å²) in [6, 6.07) is 11.0. The lowest BCUT2D eigenvalue weighted by Gasteiger charge is -2.14. The molecule has 2 aromatic heterocycles. The van der Waals surface area contributed by atoms with Crippen LogP contribution in [0.1, 0.15) is 11.1 Å². The molecule has 12 heteroatoms. The van der Waals surface area contributed by atoms with Crippen molar-refractivity contribution in [2.24, 2.45) is 0 Å². The van der Waals surface area contributed by atoms with Crippen molar-refractivity contribution in [1.29, 1.82) is 5.26 Å².